The average Bonchev–Trinajstić information content (AvgIpc) is 2.79. The number of nitrogens with one attached hydrogen (secondary N) is 1. The van der Waals surface area contributed by atoms with Crippen molar-refractivity contribution < 1.29 is 0 Å². The molecule has 3 N–H and O–H groups in total. The Morgan fingerprint density at radius 3 is 2.50 bits per heavy atom. The van der Waals surface area contributed by atoms with E-state index in [9.17, 15) is 0 Å². The van der Waals surface area contributed by atoms with Crippen LogP contribution in [0.25, 0.3) is 0 Å². The van der Waals surface area contributed by atoms with Crippen molar-refractivity contribution in [2.45, 2.75) is 25.8 Å². The molecule has 4 heteroatoms. The Morgan fingerprint density at radius 1 is 1.28 bits per heavy atom. The van der Waals surface area contributed by atoms with Crippen LogP contribution in [-0.2, 0) is 13.5 Å². The van der Waals surface area contributed by atoms with Crippen molar-refractivity contribution in [2.24, 2.45) is 12.9 Å². The highest BCUT2D eigenvalue weighted by molar-refractivity contribution is 5.30. The van der Waals surface area contributed by atoms with Gasteiger partial charge < -0.3 is 0 Å². The lowest BCUT2D eigenvalue weighted by Gasteiger charge is -2.14. The van der Waals surface area contributed by atoms with Gasteiger partial charge in [0.25, 0.3) is 0 Å². The quantitative estimate of drug-likeness (QED) is 0.624. The van der Waals surface area contributed by atoms with Crippen LogP contribution >= 0.6 is 0 Å². The van der Waals surface area contributed by atoms with E-state index in [0.717, 1.165) is 24.1 Å². The lowest BCUT2D eigenvalue weighted by molar-refractivity contribution is 0.603. The minimum absolute atomic E-state index is 0.0538. The molecular weight excluding hydrogens is 224 g/mol. The minimum atomic E-state index is -0.0538. The Bertz CT molecular complexity index is 487. The molecule has 0 aliphatic rings. The molecule has 1 atom stereocenters. The summed E-state index contributed by atoms with van der Waals surface area (Å²) < 4.78 is 1.78. The highest BCUT2D eigenvalue weighted by atomic mass is 15.3. The van der Waals surface area contributed by atoms with Crippen LogP contribution < -0.4 is 11.3 Å². The summed E-state index contributed by atoms with van der Waals surface area (Å²) in [7, 11) is 1.90. The number of hydrazine groups is 1. The molecule has 18 heavy (non-hydrogen) atoms. The first-order chi connectivity index (χ1) is 8.74. The first-order valence-electron chi connectivity index (χ1n) is 6.29. The summed E-state index contributed by atoms with van der Waals surface area (Å²) in [6, 6.07) is 10.5. The van der Waals surface area contributed by atoms with Gasteiger partial charge in [0.1, 0.15) is 0 Å². The SMILES string of the molecule is CCCc1ccc(C(NN)c2ccn(C)n2)cc1. The van der Waals surface area contributed by atoms with Crippen LogP contribution in [0.4, 0.5) is 0 Å². The van der Waals surface area contributed by atoms with E-state index in [1.165, 1.54) is 5.56 Å². The van der Waals surface area contributed by atoms with Gasteiger partial charge in [-0.2, -0.15) is 5.10 Å². The van der Waals surface area contributed by atoms with Gasteiger partial charge in [0.05, 0.1) is 11.7 Å². The van der Waals surface area contributed by atoms with E-state index in [1.54, 1.807) is 4.68 Å². The minimum Gasteiger partial charge on any atom is -0.275 e. The second-order valence-electron chi connectivity index (χ2n) is 4.51. The fourth-order valence-electron chi connectivity index (χ4n) is 2.10. The van der Waals surface area contributed by atoms with Crippen LogP contribution in [0.2, 0.25) is 0 Å². The third-order valence-electron chi connectivity index (χ3n) is 3.05. The number of aryl methyl sites for hydroxylation is 2. The molecule has 1 unspecified atom stereocenters. The molecule has 0 bridgehead atoms. The zero-order chi connectivity index (χ0) is 13.0. The monoisotopic (exact) mass is 244 g/mol. The Balaban J connectivity index is 2.22. The van der Waals surface area contributed by atoms with Gasteiger partial charge in [-0.15, -0.1) is 0 Å². The van der Waals surface area contributed by atoms with Crippen molar-refractivity contribution in [3.05, 3.63) is 53.3 Å². The molecule has 0 radical (unpaired) electrons. The Labute approximate surface area is 108 Å². The van der Waals surface area contributed by atoms with Crippen molar-refractivity contribution in [1.29, 1.82) is 0 Å². The molecule has 0 saturated heterocycles. The normalized spacial score (nSPS) is 12.6. The van der Waals surface area contributed by atoms with Gasteiger partial charge >= 0.3 is 0 Å². The summed E-state index contributed by atoms with van der Waals surface area (Å²) in [5, 5.41) is 4.39. The summed E-state index contributed by atoms with van der Waals surface area (Å²) >= 11 is 0. The van der Waals surface area contributed by atoms with Crippen molar-refractivity contribution in [3.8, 4) is 0 Å². The van der Waals surface area contributed by atoms with Gasteiger partial charge in [-0.1, -0.05) is 37.6 Å². The number of hydrogen-bond acceptors (Lipinski definition) is 3. The van der Waals surface area contributed by atoms with E-state index in [0.29, 0.717) is 0 Å². The van der Waals surface area contributed by atoms with E-state index in [4.69, 9.17) is 5.84 Å². The van der Waals surface area contributed by atoms with E-state index in [1.807, 2.05) is 19.3 Å². The molecule has 96 valence electrons. The fraction of sp³-hybridized carbons (Fsp3) is 0.357. The molecule has 0 aliphatic carbocycles. The van der Waals surface area contributed by atoms with Crippen LogP contribution in [0.5, 0.6) is 0 Å². The molecule has 0 spiro atoms. The largest absolute Gasteiger partial charge is 0.275 e. The number of hydrogen-bond donors (Lipinski definition) is 2. The number of benzene rings is 1. The Kier molecular flexibility index (Phi) is 4.12. The molecule has 1 aromatic heterocycles. The number of rotatable bonds is 5. The van der Waals surface area contributed by atoms with Gasteiger partial charge in [-0.05, 0) is 23.6 Å². The van der Waals surface area contributed by atoms with Crippen molar-refractivity contribution in [3.63, 3.8) is 0 Å². The smallest absolute Gasteiger partial charge is 0.0899 e. The standard InChI is InChI=1S/C14H20N4/c1-3-4-11-5-7-12(8-6-11)14(16-15)13-9-10-18(2)17-13/h5-10,14,16H,3-4,15H2,1-2H3. The van der Waals surface area contributed by atoms with Crippen molar-refractivity contribution in [1.82, 2.24) is 15.2 Å². The molecule has 2 aromatic rings. The van der Waals surface area contributed by atoms with Crippen LogP contribution in [0.1, 0.15) is 36.2 Å². The van der Waals surface area contributed by atoms with Gasteiger partial charge in [-0.25, -0.2) is 5.43 Å². The maximum atomic E-state index is 5.64. The van der Waals surface area contributed by atoms with Crippen molar-refractivity contribution in [2.75, 3.05) is 0 Å². The first-order valence-corrected chi connectivity index (χ1v) is 6.29. The molecule has 4 nitrogen and oxygen atoms in total. The lowest BCUT2D eigenvalue weighted by atomic mass is 10.0. The predicted octanol–water partition coefficient (Wildman–Crippen LogP) is 1.93. The predicted molar refractivity (Wildman–Crippen MR) is 72.8 cm³/mol. The maximum Gasteiger partial charge on any atom is 0.0899 e. The molecule has 2 rings (SSSR count). The summed E-state index contributed by atoms with van der Waals surface area (Å²) in [6.07, 6.45) is 4.20. The first kappa shape index (κ1) is 12.8. The van der Waals surface area contributed by atoms with Gasteiger partial charge in [0, 0.05) is 13.2 Å². The zero-order valence-corrected chi connectivity index (χ0v) is 10.9. The van der Waals surface area contributed by atoms with E-state index in [-0.39, 0.29) is 6.04 Å². The van der Waals surface area contributed by atoms with Crippen LogP contribution in [0.3, 0.4) is 0 Å². The topological polar surface area (TPSA) is 55.9 Å². The van der Waals surface area contributed by atoms with Crippen LogP contribution in [0, 0.1) is 0 Å². The average molecular weight is 244 g/mol. The van der Waals surface area contributed by atoms with Crippen LogP contribution in [-0.4, -0.2) is 9.78 Å². The summed E-state index contributed by atoms with van der Waals surface area (Å²) in [4.78, 5) is 0. The summed E-state index contributed by atoms with van der Waals surface area (Å²) in [5.74, 6) is 5.64. The van der Waals surface area contributed by atoms with E-state index >= 15 is 0 Å². The molecule has 1 aromatic carbocycles. The zero-order valence-electron chi connectivity index (χ0n) is 10.9. The third-order valence-corrected chi connectivity index (χ3v) is 3.05. The Morgan fingerprint density at radius 2 is 2.00 bits per heavy atom. The van der Waals surface area contributed by atoms with Gasteiger partial charge in [0.2, 0.25) is 0 Å². The highest BCUT2D eigenvalue weighted by Gasteiger charge is 2.14. The molecule has 0 aliphatic heterocycles. The second-order valence-corrected chi connectivity index (χ2v) is 4.51. The fourth-order valence-corrected chi connectivity index (χ4v) is 2.10. The molecule has 0 fully saturated rings. The third kappa shape index (κ3) is 2.78. The summed E-state index contributed by atoms with van der Waals surface area (Å²) in [6.45, 7) is 2.19. The second kappa shape index (κ2) is 5.80. The highest BCUT2D eigenvalue weighted by Crippen LogP contribution is 2.20. The molecule has 1 heterocycles. The van der Waals surface area contributed by atoms with E-state index < -0.39 is 0 Å². The molecule has 0 amide bonds. The van der Waals surface area contributed by atoms with Crippen molar-refractivity contribution >= 4 is 0 Å². The lowest BCUT2D eigenvalue weighted by Crippen LogP contribution is -2.29. The summed E-state index contributed by atoms with van der Waals surface area (Å²) in [5.41, 5.74) is 6.25. The molecule has 0 saturated carbocycles. The van der Waals surface area contributed by atoms with Crippen LogP contribution in [0.15, 0.2) is 36.5 Å². The van der Waals surface area contributed by atoms with E-state index in [2.05, 4.69) is 41.7 Å². The van der Waals surface area contributed by atoms with Gasteiger partial charge in [0.15, 0.2) is 0 Å². The number of aromatic nitrogens is 2. The molecular formula is C14H20N4. The number of nitrogens with two attached hydrogens (primary N) is 1. The van der Waals surface area contributed by atoms with Gasteiger partial charge in [-0.3, -0.25) is 10.5 Å². The number of nitrogens with zero attached hydrogens (tertiary/aromatic N) is 2. The Hall–Kier alpha value is -1.65. The maximum absolute atomic E-state index is 5.64.